The molecule has 10 fully saturated rings. The summed E-state index contributed by atoms with van der Waals surface area (Å²) >= 11 is 0. The summed E-state index contributed by atoms with van der Waals surface area (Å²) < 4.78 is 114. The maximum absolute atomic E-state index is 14.7. The lowest BCUT2D eigenvalue weighted by molar-refractivity contribution is -0.376. The Bertz CT molecular complexity index is 3960. The van der Waals surface area contributed by atoms with Gasteiger partial charge in [0.1, 0.15) is 215 Å². The van der Waals surface area contributed by atoms with Crippen LogP contribution in [0.2, 0.25) is 0 Å². The first-order chi connectivity index (χ1) is 64.7. The number of aliphatic hydroxyl groups is 22. The molecule has 10 aliphatic rings. The van der Waals surface area contributed by atoms with Crippen molar-refractivity contribution in [3.63, 3.8) is 0 Å². The highest BCUT2D eigenvalue weighted by atomic mass is 16.8. The lowest BCUT2D eigenvalue weighted by atomic mass is 9.76. The fraction of sp³-hybridized carbons (Fsp3) is 0.868. The fourth-order valence-corrected chi connectivity index (χ4v) is 17.4. The number of aliphatic carboxylic acids is 1. The van der Waals surface area contributed by atoms with E-state index in [2.05, 4.69) is 21.3 Å². The fourth-order valence-electron chi connectivity index (χ4n) is 17.4. The second-order valence-corrected chi connectivity index (χ2v) is 34.0. The Morgan fingerprint density at radius 2 is 0.628 bits per heavy atom. The SMILES string of the molecule is CC[C@@H]1C(C(=O)O)O[C@@H](O[C@@H]2C(NC(C)=O)[C@H](O[C@@H]3C(C(=O)NNC(=O)OCC4O[C@H](O[C@H]5OC(COC(=O)NNC(=O)C6O[C@@H](O[C@@H]7C(NC(C)=O)[C@H](OC)OC(CO)[C@H]7O)C(O)[C@@H](O)[C@@H]6O[C@@H]6OC(CO)[C@@H](O)[C@H](O[C@@H]7CC(C=O)[C@@H](C)[C@H](O)C7O)C6NC(C)=O)[C@@H](O)[C@H](O)C5O)C(O)[C@@H](O)[C@@H]4O)O[C@@H](O[C@@H]4C(NC(C)=O)[C@H](OC)OC(CO)[C@H]4O)C(O)[C@H]3O)OC(CO)[C@H]2O)C(O)[C@H]1O. The van der Waals surface area contributed by atoms with Crippen LogP contribution in [0.25, 0.3) is 0 Å². The number of hydrogen-bond acceptors (Lipinski definition) is 52. The van der Waals surface area contributed by atoms with Gasteiger partial charge in [0.25, 0.3) is 11.8 Å². The molecule has 8 amide bonds. The van der Waals surface area contributed by atoms with Gasteiger partial charge in [0.2, 0.25) is 23.6 Å². The second kappa shape index (κ2) is 49.3. The summed E-state index contributed by atoms with van der Waals surface area (Å²) in [5.74, 6) is -11.5. The molecule has 1 aliphatic carbocycles. The topological polar surface area (TPSA) is 917 Å². The minimum Gasteiger partial charge on any atom is -0.479 e. The molecule has 0 aromatic carbocycles. The van der Waals surface area contributed by atoms with E-state index in [0.29, 0.717) is 6.29 Å². The molecule has 0 radical (unpaired) electrons. The van der Waals surface area contributed by atoms with Gasteiger partial charge in [-0.25, -0.2) is 25.2 Å². The van der Waals surface area contributed by atoms with Crippen molar-refractivity contribution >= 4 is 59.9 Å². The zero-order valence-corrected chi connectivity index (χ0v) is 74.1. The van der Waals surface area contributed by atoms with Crippen LogP contribution in [-0.4, -0.2) is 520 Å². The number of carbonyl (C=O) groups excluding carboxylic acids is 9. The summed E-state index contributed by atoms with van der Waals surface area (Å²) in [7, 11) is 2.17. The molecule has 784 valence electrons. The van der Waals surface area contributed by atoms with Gasteiger partial charge in [0.05, 0.1) is 44.7 Å². The molecular weight excluding hydrogens is 1870 g/mol. The van der Waals surface area contributed by atoms with Gasteiger partial charge in [-0.15, -0.1) is 0 Å². The van der Waals surface area contributed by atoms with Crippen molar-refractivity contribution in [2.45, 2.75) is 343 Å². The number of aliphatic hydroxyl groups excluding tert-OH is 22. The van der Waals surface area contributed by atoms with E-state index in [9.17, 15) is 165 Å². The van der Waals surface area contributed by atoms with Crippen LogP contribution in [0.1, 0.15) is 54.4 Å². The lowest BCUT2D eigenvalue weighted by Crippen LogP contribution is -2.71. The summed E-state index contributed by atoms with van der Waals surface area (Å²) in [6, 6.07) is -6.98. The van der Waals surface area contributed by atoms with E-state index in [1.165, 1.54) is 13.8 Å². The van der Waals surface area contributed by atoms with E-state index in [0.717, 1.165) is 41.9 Å². The number of rotatable bonds is 33. The maximum Gasteiger partial charge on any atom is 0.426 e. The molecule has 1 saturated carbocycles. The molecule has 9 heterocycles. The van der Waals surface area contributed by atoms with E-state index in [4.69, 9.17) is 94.7 Å². The third-order valence-corrected chi connectivity index (χ3v) is 24.8. The Morgan fingerprint density at radius 3 is 0.949 bits per heavy atom. The Hall–Kier alpha value is -7.10. The predicted octanol–water partition coefficient (Wildman–Crippen LogP) is -19.5. The molecule has 20 unspecified atom stereocenters. The molecule has 0 spiro atoms. The zero-order chi connectivity index (χ0) is 101. The number of nitrogens with one attached hydrogen (secondary N) is 8. The number of aldehydes is 1. The molecule has 0 aromatic heterocycles. The van der Waals surface area contributed by atoms with Gasteiger partial charge in [-0.2, -0.15) is 0 Å². The number of carboxylic acids is 1. The zero-order valence-electron chi connectivity index (χ0n) is 74.1. The van der Waals surface area contributed by atoms with E-state index in [1.807, 2.05) is 10.9 Å². The number of carboxylic acid groups (broad SMARTS) is 1. The van der Waals surface area contributed by atoms with E-state index in [1.54, 1.807) is 10.9 Å². The number of amides is 8. The molecule has 9 aliphatic heterocycles. The van der Waals surface area contributed by atoms with Gasteiger partial charge in [0.15, 0.2) is 74.9 Å². The molecule has 9 saturated heterocycles. The Morgan fingerprint density at radius 1 is 0.328 bits per heavy atom. The van der Waals surface area contributed by atoms with Gasteiger partial charge in [-0.3, -0.25) is 39.6 Å². The van der Waals surface area contributed by atoms with Crippen molar-refractivity contribution in [2.24, 2.45) is 17.8 Å². The standard InChI is InChI=1S/C76H122N8O53/c1-9-24-37(95)49(107)72(129-54(24)65(114)115)132-58-35(80-22(6)93)69(126-29(15-89)44(58)102)134-60-48(106)53(111)74(131-57-33(78-20(4)91)67(119-8)124-27(13-87)43(57)101)136-62(60)64(113)82-84-76(117)121-17-31-40(98)46(104)51(109)71(128-31)137-70-50(108)45(103)39(97)30(127-70)16-120-75(116)83-81-63(112)61-59(47(105)52(110)73(135-61)130-56-32(77-19(3)90)66(118-7)123-26(12-86)42(56)100)133-68-34(79-21(5)92)55(41(99)28(14-88)125-68)122-25-10-23(11-85)18(2)36(94)38(25)96/h11,18,23-62,66-74,86-89,94-111H,9-10,12-17H2,1-8H3,(H,77,90)(H,78,91)(H,79,92)(H,80,93)(H,81,112)(H,82,113)(H,83,116)(H,84,117)(H,114,115)/t18-,23?,24+,25-,26?,27?,28?,29?,30?,31?,32?,33?,34?,35?,36+,37+,38?,39-,40-,41-,42-,43-,44-,45+,46+,47-,48-,49?,50?,51?,52?,53?,54?,55-,56-,57-,58-,59+,60+,61?,62?,66-,67-,68+,69+,70-,71-,72+,73-,74-/m1/s1. The van der Waals surface area contributed by atoms with E-state index >= 15 is 0 Å². The average Bonchev–Trinajstić information content (AvgIpc) is 0.761. The highest BCUT2D eigenvalue weighted by Crippen LogP contribution is 2.41. The van der Waals surface area contributed by atoms with Crippen LogP contribution in [0, 0.1) is 17.8 Å². The van der Waals surface area contributed by atoms with Crippen molar-refractivity contribution < 1.29 is 260 Å². The van der Waals surface area contributed by atoms with Gasteiger partial charge >= 0.3 is 18.2 Å². The molecule has 10 rings (SSSR count). The van der Waals surface area contributed by atoms with Crippen molar-refractivity contribution in [2.75, 3.05) is 53.9 Å². The van der Waals surface area contributed by atoms with Gasteiger partial charge in [-0.05, 0) is 18.8 Å². The third-order valence-electron chi connectivity index (χ3n) is 24.8. The third kappa shape index (κ3) is 25.6. The van der Waals surface area contributed by atoms with Crippen molar-refractivity contribution in [1.29, 1.82) is 0 Å². The molecular formula is C76H122N8O53. The Labute approximate surface area is 775 Å². The predicted molar refractivity (Wildman–Crippen MR) is 423 cm³/mol. The summed E-state index contributed by atoms with van der Waals surface area (Å²) in [6.07, 6.45) is -93.9. The molecule has 0 aromatic rings. The van der Waals surface area contributed by atoms with Crippen LogP contribution in [0.5, 0.6) is 0 Å². The maximum atomic E-state index is 14.7. The largest absolute Gasteiger partial charge is 0.479 e. The molecule has 61 nitrogen and oxygen atoms in total. The molecule has 61 heteroatoms. The summed E-state index contributed by atoms with van der Waals surface area (Å²) in [5.41, 5.74) is 7.21. The van der Waals surface area contributed by atoms with Gasteiger partial charge in [-0.1, -0.05) is 13.8 Å². The highest BCUT2D eigenvalue weighted by molar-refractivity contribution is 5.84. The summed E-state index contributed by atoms with van der Waals surface area (Å²) in [5, 5.41) is 266. The van der Waals surface area contributed by atoms with Crippen LogP contribution in [0.4, 0.5) is 9.59 Å². The molecule has 50 atom stereocenters. The first-order valence-electron chi connectivity index (χ1n) is 43.2. The van der Waals surface area contributed by atoms with Gasteiger partial charge in [0, 0.05) is 53.8 Å². The number of methoxy groups -OCH3 is 2. The van der Waals surface area contributed by atoms with Crippen LogP contribution < -0.4 is 43.0 Å². The van der Waals surface area contributed by atoms with Crippen molar-refractivity contribution in [3.05, 3.63) is 0 Å². The summed E-state index contributed by atoms with van der Waals surface area (Å²) in [4.78, 5) is 132. The van der Waals surface area contributed by atoms with Crippen LogP contribution in [0.3, 0.4) is 0 Å². The monoisotopic (exact) mass is 1990 g/mol. The van der Waals surface area contributed by atoms with Crippen molar-refractivity contribution in [1.82, 2.24) is 43.0 Å². The van der Waals surface area contributed by atoms with E-state index in [-0.39, 0.29) is 12.8 Å². The Kier molecular flexibility index (Phi) is 40.2. The molecule has 31 N–H and O–H groups in total. The lowest BCUT2D eigenvalue weighted by Gasteiger charge is -2.50. The van der Waals surface area contributed by atoms with E-state index < -0.39 is 399 Å². The van der Waals surface area contributed by atoms with Crippen molar-refractivity contribution in [3.8, 4) is 0 Å². The number of carbonyl (C=O) groups is 10. The highest BCUT2D eigenvalue weighted by Gasteiger charge is 2.62. The summed E-state index contributed by atoms with van der Waals surface area (Å²) in [6.45, 7) is 0.201. The second-order valence-electron chi connectivity index (χ2n) is 34.0. The van der Waals surface area contributed by atoms with Crippen LogP contribution >= 0.6 is 0 Å². The number of ether oxygens (including phenoxy) is 20. The number of hydrazine groups is 2. The van der Waals surface area contributed by atoms with Crippen LogP contribution in [0.15, 0.2) is 0 Å². The normalized spacial score (nSPS) is 45.2. The molecule has 137 heavy (non-hydrogen) atoms. The number of hydrogen-bond donors (Lipinski definition) is 31. The van der Waals surface area contributed by atoms with Crippen LogP contribution in [-0.2, 0) is 133 Å². The minimum atomic E-state index is -2.57. The first kappa shape index (κ1) is 112. The Balaban J connectivity index is 0.826. The van der Waals surface area contributed by atoms with Gasteiger partial charge < -0.3 is 238 Å². The average molecular weight is 2000 g/mol. The smallest absolute Gasteiger partial charge is 0.426 e. The molecule has 0 bridgehead atoms. The minimum absolute atomic E-state index is 0.0685. The quantitative estimate of drug-likeness (QED) is 0.0214. The first-order valence-corrected chi connectivity index (χ1v) is 43.2.